The maximum atomic E-state index is 12.7. The summed E-state index contributed by atoms with van der Waals surface area (Å²) in [6, 6.07) is 5.56. The van der Waals surface area contributed by atoms with Crippen LogP contribution in [0.3, 0.4) is 0 Å². The minimum atomic E-state index is -0.464. The zero-order valence-electron chi connectivity index (χ0n) is 17.3. The van der Waals surface area contributed by atoms with Crippen molar-refractivity contribution in [2.45, 2.75) is 32.5 Å². The van der Waals surface area contributed by atoms with Gasteiger partial charge in [0.15, 0.2) is 0 Å². The van der Waals surface area contributed by atoms with Crippen molar-refractivity contribution in [3.05, 3.63) is 48.0 Å². The number of benzene rings is 1. The van der Waals surface area contributed by atoms with Gasteiger partial charge < -0.3 is 19.5 Å². The molecule has 1 fully saturated rings. The second kappa shape index (κ2) is 9.56. The van der Waals surface area contributed by atoms with Crippen LogP contribution in [-0.2, 0) is 22.7 Å². The summed E-state index contributed by atoms with van der Waals surface area (Å²) >= 11 is 0. The third kappa shape index (κ3) is 5.35. The summed E-state index contributed by atoms with van der Waals surface area (Å²) in [5, 5.41) is 2.89. The monoisotopic (exact) mass is 399 g/mol. The molecule has 1 unspecified atom stereocenters. The van der Waals surface area contributed by atoms with E-state index in [0.717, 1.165) is 16.9 Å². The predicted octanol–water partition coefficient (Wildman–Crippen LogP) is 1.05. The van der Waals surface area contributed by atoms with Crippen molar-refractivity contribution in [2.75, 3.05) is 33.8 Å². The molecule has 3 rings (SSSR count). The lowest BCUT2D eigenvalue weighted by Gasteiger charge is -2.35. The van der Waals surface area contributed by atoms with E-state index in [4.69, 9.17) is 4.74 Å². The minimum absolute atomic E-state index is 0.0388. The summed E-state index contributed by atoms with van der Waals surface area (Å²) < 4.78 is 7.25. The second-order valence-electron chi connectivity index (χ2n) is 7.40. The largest absolute Gasteiger partial charge is 0.496 e. The molecule has 1 aromatic heterocycles. The smallest absolute Gasteiger partial charge is 0.237 e. The Bertz CT molecular complexity index is 837. The number of nitrogens with zero attached hydrogens (tertiary/aromatic N) is 4. The van der Waals surface area contributed by atoms with Gasteiger partial charge in [-0.05, 0) is 24.1 Å². The lowest BCUT2D eigenvalue weighted by atomic mass is 10.0. The third-order valence-electron chi connectivity index (χ3n) is 5.33. The number of methoxy groups -OCH3 is 1. The van der Waals surface area contributed by atoms with Crippen LogP contribution in [0.25, 0.3) is 0 Å². The molecular weight excluding hydrogens is 370 g/mol. The van der Waals surface area contributed by atoms with E-state index in [-0.39, 0.29) is 18.2 Å². The lowest BCUT2D eigenvalue weighted by molar-refractivity contribution is -0.138. The van der Waals surface area contributed by atoms with E-state index in [1.165, 1.54) is 0 Å². The van der Waals surface area contributed by atoms with Crippen LogP contribution in [-0.4, -0.2) is 71.0 Å². The number of amides is 2. The van der Waals surface area contributed by atoms with Crippen LogP contribution in [0.5, 0.6) is 5.75 Å². The predicted molar refractivity (Wildman–Crippen MR) is 109 cm³/mol. The molecule has 0 radical (unpaired) electrons. The van der Waals surface area contributed by atoms with Crippen molar-refractivity contribution in [1.82, 2.24) is 24.7 Å². The van der Waals surface area contributed by atoms with E-state index >= 15 is 0 Å². The van der Waals surface area contributed by atoms with Crippen LogP contribution < -0.4 is 10.1 Å². The van der Waals surface area contributed by atoms with Gasteiger partial charge in [-0.15, -0.1) is 0 Å². The standard InChI is InChI=1S/C21H29N5O3/c1-16-12-17(4-5-19(16)29-3)14-26-9-7-23-21(28)18(26)13-20(27)24(2)10-11-25-8-6-22-15-25/h4-6,8,12,15,18H,7,9-11,13-14H2,1-3H3,(H,23,28). The van der Waals surface area contributed by atoms with Gasteiger partial charge in [0.1, 0.15) is 5.75 Å². The Morgan fingerprint density at radius 1 is 1.41 bits per heavy atom. The first-order valence-electron chi connectivity index (χ1n) is 9.83. The highest BCUT2D eigenvalue weighted by Gasteiger charge is 2.32. The van der Waals surface area contributed by atoms with Crippen molar-refractivity contribution < 1.29 is 14.3 Å². The Hall–Kier alpha value is -2.87. The molecule has 156 valence electrons. The Balaban J connectivity index is 1.62. The van der Waals surface area contributed by atoms with E-state index in [1.54, 1.807) is 31.6 Å². The van der Waals surface area contributed by atoms with Crippen LogP contribution in [0, 0.1) is 6.92 Å². The summed E-state index contributed by atoms with van der Waals surface area (Å²) in [4.78, 5) is 33.0. The highest BCUT2D eigenvalue weighted by atomic mass is 16.5. The molecule has 1 aromatic carbocycles. The number of imidazole rings is 1. The van der Waals surface area contributed by atoms with Gasteiger partial charge in [-0.3, -0.25) is 14.5 Å². The zero-order chi connectivity index (χ0) is 20.8. The molecule has 1 N–H and O–H groups in total. The SMILES string of the molecule is COc1ccc(CN2CCNC(=O)C2CC(=O)N(C)CCn2ccnc2)cc1C. The molecule has 1 atom stereocenters. The van der Waals surface area contributed by atoms with Gasteiger partial charge in [0.2, 0.25) is 11.8 Å². The fourth-order valence-corrected chi connectivity index (χ4v) is 3.58. The number of carbonyl (C=O) groups excluding carboxylic acids is 2. The fourth-order valence-electron chi connectivity index (χ4n) is 3.58. The van der Waals surface area contributed by atoms with Crippen molar-refractivity contribution in [1.29, 1.82) is 0 Å². The topological polar surface area (TPSA) is 79.7 Å². The molecule has 0 spiro atoms. The quantitative estimate of drug-likeness (QED) is 0.718. The molecule has 1 aliphatic rings. The van der Waals surface area contributed by atoms with Gasteiger partial charge in [-0.2, -0.15) is 0 Å². The summed E-state index contributed by atoms with van der Waals surface area (Å²) in [5.74, 6) is 0.720. The Labute approximate surface area is 171 Å². The molecule has 0 bridgehead atoms. The maximum absolute atomic E-state index is 12.7. The molecule has 2 aromatic rings. The summed E-state index contributed by atoms with van der Waals surface area (Å²) in [6.07, 6.45) is 5.48. The van der Waals surface area contributed by atoms with Crippen LogP contribution in [0.15, 0.2) is 36.9 Å². The number of likely N-dealkylation sites (N-methyl/N-ethyl adjacent to an activating group) is 1. The number of hydrogen-bond acceptors (Lipinski definition) is 5. The molecule has 0 aliphatic carbocycles. The fraction of sp³-hybridized carbons (Fsp3) is 0.476. The number of rotatable bonds is 8. The van der Waals surface area contributed by atoms with Gasteiger partial charge in [-0.1, -0.05) is 12.1 Å². The number of hydrogen-bond donors (Lipinski definition) is 1. The first-order valence-corrected chi connectivity index (χ1v) is 9.83. The van der Waals surface area contributed by atoms with Crippen molar-refractivity contribution >= 4 is 11.8 Å². The van der Waals surface area contributed by atoms with Crippen molar-refractivity contribution in [3.8, 4) is 5.75 Å². The molecule has 1 aliphatic heterocycles. The summed E-state index contributed by atoms with van der Waals surface area (Å²) in [6.45, 7) is 5.17. The first-order chi connectivity index (χ1) is 14.0. The molecular formula is C21H29N5O3. The Morgan fingerprint density at radius 3 is 2.93 bits per heavy atom. The number of aromatic nitrogens is 2. The van der Waals surface area contributed by atoms with E-state index in [2.05, 4.69) is 21.3 Å². The molecule has 29 heavy (non-hydrogen) atoms. The van der Waals surface area contributed by atoms with Crippen LogP contribution >= 0.6 is 0 Å². The lowest BCUT2D eigenvalue weighted by Crippen LogP contribution is -2.56. The van der Waals surface area contributed by atoms with E-state index < -0.39 is 6.04 Å². The number of aryl methyl sites for hydroxylation is 1. The van der Waals surface area contributed by atoms with Crippen LogP contribution in [0.1, 0.15) is 17.5 Å². The van der Waals surface area contributed by atoms with E-state index in [0.29, 0.717) is 32.7 Å². The molecule has 2 amide bonds. The van der Waals surface area contributed by atoms with Gasteiger partial charge in [0.05, 0.1) is 25.9 Å². The van der Waals surface area contributed by atoms with Gasteiger partial charge in [0, 0.05) is 52.2 Å². The molecule has 1 saturated heterocycles. The summed E-state index contributed by atoms with van der Waals surface area (Å²) in [7, 11) is 3.43. The Morgan fingerprint density at radius 2 is 2.24 bits per heavy atom. The summed E-state index contributed by atoms with van der Waals surface area (Å²) in [5.41, 5.74) is 2.15. The average molecular weight is 399 g/mol. The minimum Gasteiger partial charge on any atom is -0.496 e. The van der Waals surface area contributed by atoms with Crippen LogP contribution in [0.4, 0.5) is 0 Å². The number of carbonyl (C=O) groups is 2. The third-order valence-corrected chi connectivity index (χ3v) is 5.33. The number of piperazine rings is 1. The first kappa shape index (κ1) is 20.9. The van der Waals surface area contributed by atoms with Crippen LogP contribution in [0.2, 0.25) is 0 Å². The second-order valence-corrected chi connectivity index (χ2v) is 7.40. The van der Waals surface area contributed by atoms with Gasteiger partial charge in [-0.25, -0.2) is 4.98 Å². The zero-order valence-corrected chi connectivity index (χ0v) is 17.3. The normalized spacial score (nSPS) is 17.1. The van der Waals surface area contributed by atoms with Gasteiger partial charge >= 0.3 is 0 Å². The molecule has 2 heterocycles. The van der Waals surface area contributed by atoms with Gasteiger partial charge in [0.25, 0.3) is 0 Å². The van der Waals surface area contributed by atoms with E-state index in [9.17, 15) is 9.59 Å². The van der Waals surface area contributed by atoms with E-state index in [1.807, 2.05) is 29.8 Å². The molecule has 8 nitrogen and oxygen atoms in total. The maximum Gasteiger partial charge on any atom is 0.237 e. The van der Waals surface area contributed by atoms with Crippen molar-refractivity contribution in [3.63, 3.8) is 0 Å². The number of nitrogens with one attached hydrogen (secondary N) is 1. The number of ether oxygens (including phenoxy) is 1. The highest BCUT2D eigenvalue weighted by molar-refractivity contribution is 5.88. The average Bonchev–Trinajstić information content (AvgIpc) is 3.22. The highest BCUT2D eigenvalue weighted by Crippen LogP contribution is 2.21. The molecule has 8 heteroatoms. The Kier molecular flexibility index (Phi) is 6.87. The van der Waals surface area contributed by atoms with Crippen molar-refractivity contribution in [2.24, 2.45) is 0 Å². The molecule has 0 saturated carbocycles.